The number of rotatable bonds is 4. The van der Waals surface area contributed by atoms with Gasteiger partial charge in [-0.2, -0.15) is 0 Å². The lowest BCUT2D eigenvalue weighted by atomic mass is 10.1. The Morgan fingerprint density at radius 1 is 1.12 bits per heavy atom. The third-order valence-corrected chi connectivity index (χ3v) is 3.23. The number of esters is 2. The van der Waals surface area contributed by atoms with E-state index in [-0.39, 0.29) is 0 Å². The molecule has 2 rings (SSSR count). The number of carboxylic acids is 1. The molecule has 1 heterocycles. The van der Waals surface area contributed by atoms with Gasteiger partial charge in [-0.1, -0.05) is 0 Å². The second-order valence-corrected chi connectivity index (χ2v) is 4.86. The van der Waals surface area contributed by atoms with Gasteiger partial charge in [0, 0.05) is 0 Å². The quantitative estimate of drug-likeness (QED) is 0.263. The number of aliphatic carboxylic acids is 1. The summed E-state index contributed by atoms with van der Waals surface area (Å²) in [4.78, 5) is 34.3. The number of aliphatic hydroxyl groups is 2. The molecule has 24 heavy (non-hydrogen) atoms. The maximum absolute atomic E-state index is 11.9. The minimum atomic E-state index is -2.16. The average molecular weight is 344 g/mol. The third kappa shape index (κ3) is 3.02. The number of carbonyl (C=O) groups is 3. The molecule has 1 saturated heterocycles. The summed E-state index contributed by atoms with van der Waals surface area (Å²) in [5, 5.41) is 55.8. The zero-order chi connectivity index (χ0) is 18.2. The SMILES string of the molecule is O=C(O[C@@H](C(=O)O)C1OC(=O)[C@H](O)[C@H]1O)c1cc(O)c(O)c(O)c1. The molecule has 0 aliphatic carbocycles. The van der Waals surface area contributed by atoms with E-state index >= 15 is 0 Å². The number of carbonyl (C=O) groups excluding carboxylic acids is 2. The van der Waals surface area contributed by atoms with Gasteiger partial charge in [0.1, 0.15) is 6.10 Å². The number of phenolic OH excluding ortho intramolecular Hbond substituents is 3. The van der Waals surface area contributed by atoms with Crippen LogP contribution in [-0.4, -0.2) is 73.0 Å². The van der Waals surface area contributed by atoms with E-state index in [1.54, 1.807) is 0 Å². The van der Waals surface area contributed by atoms with Gasteiger partial charge in [0.2, 0.25) is 6.10 Å². The van der Waals surface area contributed by atoms with E-state index < -0.39 is 65.1 Å². The Bertz CT molecular complexity index is 674. The molecule has 1 unspecified atom stereocenters. The van der Waals surface area contributed by atoms with E-state index in [0.29, 0.717) is 12.1 Å². The van der Waals surface area contributed by atoms with E-state index in [0.717, 1.165) is 0 Å². The highest BCUT2D eigenvalue weighted by Gasteiger charge is 2.50. The molecule has 1 aliphatic rings. The van der Waals surface area contributed by atoms with Crippen LogP contribution in [0.15, 0.2) is 12.1 Å². The maximum atomic E-state index is 11.9. The van der Waals surface area contributed by atoms with Crippen LogP contribution in [0.1, 0.15) is 10.4 Å². The summed E-state index contributed by atoms with van der Waals surface area (Å²) >= 11 is 0. The predicted octanol–water partition coefficient (Wildman–Crippen LogP) is -1.94. The predicted molar refractivity (Wildman–Crippen MR) is 70.2 cm³/mol. The van der Waals surface area contributed by atoms with E-state index in [2.05, 4.69) is 9.47 Å². The number of aliphatic hydroxyl groups excluding tert-OH is 2. The highest BCUT2D eigenvalue weighted by Crippen LogP contribution is 2.35. The van der Waals surface area contributed by atoms with Crippen molar-refractivity contribution in [3.8, 4) is 17.2 Å². The van der Waals surface area contributed by atoms with Crippen LogP contribution < -0.4 is 0 Å². The topological polar surface area (TPSA) is 191 Å². The molecule has 11 heteroatoms. The number of cyclic esters (lactones) is 1. The van der Waals surface area contributed by atoms with Crippen molar-refractivity contribution in [3.05, 3.63) is 17.7 Å². The van der Waals surface area contributed by atoms with Gasteiger partial charge in [0.25, 0.3) is 0 Å². The molecule has 11 nitrogen and oxygen atoms in total. The summed E-state index contributed by atoms with van der Waals surface area (Å²) in [7, 11) is 0. The number of phenols is 3. The largest absolute Gasteiger partial charge is 0.504 e. The molecule has 1 aromatic rings. The number of carboxylic acid groups (broad SMARTS) is 1. The summed E-state index contributed by atoms with van der Waals surface area (Å²) in [5.41, 5.74) is -0.520. The van der Waals surface area contributed by atoms with Crippen molar-refractivity contribution >= 4 is 17.9 Å². The molecule has 1 aromatic carbocycles. The van der Waals surface area contributed by atoms with E-state index in [9.17, 15) is 39.9 Å². The van der Waals surface area contributed by atoms with Crippen molar-refractivity contribution in [2.75, 3.05) is 0 Å². The summed E-state index contributed by atoms with van der Waals surface area (Å²) in [5.74, 6) is -7.05. The van der Waals surface area contributed by atoms with Crippen LogP contribution in [0.4, 0.5) is 0 Å². The van der Waals surface area contributed by atoms with Crippen molar-refractivity contribution in [2.24, 2.45) is 0 Å². The van der Waals surface area contributed by atoms with E-state index in [1.807, 2.05) is 0 Å². The first-order valence-corrected chi connectivity index (χ1v) is 6.38. The Morgan fingerprint density at radius 3 is 2.08 bits per heavy atom. The fourth-order valence-corrected chi connectivity index (χ4v) is 2.00. The fourth-order valence-electron chi connectivity index (χ4n) is 2.00. The normalized spacial score (nSPS) is 24.2. The third-order valence-electron chi connectivity index (χ3n) is 3.23. The smallest absolute Gasteiger partial charge is 0.349 e. The molecule has 130 valence electrons. The minimum Gasteiger partial charge on any atom is -0.504 e. The lowest BCUT2D eigenvalue weighted by Gasteiger charge is -2.21. The van der Waals surface area contributed by atoms with Crippen LogP contribution in [0.25, 0.3) is 0 Å². The van der Waals surface area contributed by atoms with Gasteiger partial charge >= 0.3 is 17.9 Å². The number of hydrogen-bond acceptors (Lipinski definition) is 10. The van der Waals surface area contributed by atoms with Crippen LogP contribution in [0, 0.1) is 0 Å². The first kappa shape index (κ1) is 17.3. The molecule has 1 fully saturated rings. The van der Waals surface area contributed by atoms with Gasteiger partial charge < -0.3 is 40.1 Å². The molecule has 4 atom stereocenters. The number of ether oxygens (including phenoxy) is 2. The van der Waals surface area contributed by atoms with Gasteiger partial charge in [0.15, 0.2) is 29.5 Å². The molecule has 0 amide bonds. The zero-order valence-electron chi connectivity index (χ0n) is 11.7. The summed E-state index contributed by atoms with van der Waals surface area (Å²) in [6, 6.07) is 1.39. The Labute approximate surface area is 132 Å². The molecule has 0 bridgehead atoms. The van der Waals surface area contributed by atoms with Crippen LogP contribution in [0.3, 0.4) is 0 Å². The van der Waals surface area contributed by atoms with Gasteiger partial charge in [-0.25, -0.2) is 14.4 Å². The standard InChI is InChI=1S/C13H12O11/c14-4-1-3(2-5(15)6(4)16)12(21)24-10(11(19)20)9-7(17)8(18)13(22)23-9/h1-2,7-10,14-18H,(H,19,20)/t7-,8-,9?,10-/m1/s1. The van der Waals surface area contributed by atoms with Gasteiger partial charge in [-0.3, -0.25) is 0 Å². The van der Waals surface area contributed by atoms with Crippen LogP contribution >= 0.6 is 0 Å². The monoisotopic (exact) mass is 344 g/mol. The number of benzene rings is 1. The molecule has 0 aromatic heterocycles. The van der Waals surface area contributed by atoms with Gasteiger partial charge in [-0.05, 0) is 12.1 Å². The first-order valence-electron chi connectivity index (χ1n) is 6.38. The molecular formula is C13H12O11. The van der Waals surface area contributed by atoms with Crippen molar-refractivity contribution in [2.45, 2.75) is 24.4 Å². The van der Waals surface area contributed by atoms with E-state index in [4.69, 9.17) is 5.11 Å². The first-order chi connectivity index (χ1) is 11.1. The van der Waals surface area contributed by atoms with Crippen molar-refractivity contribution in [1.29, 1.82) is 0 Å². The fraction of sp³-hybridized carbons (Fsp3) is 0.308. The Kier molecular flexibility index (Phi) is 4.48. The van der Waals surface area contributed by atoms with Crippen LogP contribution in [0.5, 0.6) is 17.2 Å². The molecule has 0 radical (unpaired) electrons. The Balaban J connectivity index is 2.24. The zero-order valence-corrected chi connectivity index (χ0v) is 11.7. The second kappa shape index (κ2) is 6.22. The molecule has 0 saturated carbocycles. The van der Waals surface area contributed by atoms with Crippen molar-refractivity contribution < 1.29 is 54.5 Å². The lowest BCUT2D eigenvalue weighted by molar-refractivity contribution is -0.162. The molecular weight excluding hydrogens is 332 g/mol. The molecule has 1 aliphatic heterocycles. The molecule has 0 spiro atoms. The van der Waals surface area contributed by atoms with Crippen LogP contribution in [0.2, 0.25) is 0 Å². The van der Waals surface area contributed by atoms with Gasteiger partial charge in [-0.15, -0.1) is 0 Å². The van der Waals surface area contributed by atoms with Crippen LogP contribution in [-0.2, 0) is 19.1 Å². The summed E-state index contributed by atoms with van der Waals surface area (Å²) < 4.78 is 9.09. The Hall–Kier alpha value is -3.05. The molecule has 6 N–H and O–H groups in total. The van der Waals surface area contributed by atoms with E-state index in [1.165, 1.54) is 0 Å². The summed E-state index contributed by atoms with van der Waals surface area (Å²) in [6.45, 7) is 0. The minimum absolute atomic E-state index is 0.520. The van der Waals surface area contributed by atoms with Crippen molar-refractivity contribution in [3.63, 3.8) is 0 Å². The van der Waals surface area contributed by atoms with Gasteiger partial charge in [0.05, 0.1) is 5.56 Å². The number of aromatic hydroxyl groups is 3. The summed E-state index contributed by atoms with van der Waals surface area (Å²) in [6.07, 6.45) is -7.94. The van der Waals surface area contributed by atoms with Crippen molar-refractivity contribution in [1.82, 2.24) is 0 Å². The lowest BCUT2D eigenvalue weighted by Crippen LogP contribution is -2.45. The maximum Gasteiger partial charge on any atom is 0.349 e. The average Bonchev–Trinajstić information content (AvgIpc) is 2.76. The highest BCUT2D eigenvalue weighted by molar-refractivity contribution is 5.93. The Morgan fingerprint density at radius 2 is 1.67 bits per heavy atom. The second-order valence-electron chi connectivity index (χ2n) is 4.86. The highest BCUT2D eigenvalue weighted by atomic mass is 16.6. The number of hydrogen-bond donors (Lipinski definition) is 6.